The monoisotopic (exact) mass is 548 g/mol. The Kier molecular flexibility index (Phi) is 8.85. The van der Waals surface area contributed by atoms with Gasteiger partial charge in [0.05, 0.1) is 49.8 Å². The standard InChI is InChI=1S/C25H25ClN2O8S/c1-5-36-21-11-10-17(12-20(21)27-24(29)15-6-8-16(26)9-7-15)37(31,32)28-19-14-23(34-3)22(33-2)13-18(19)25(30)35-4/h6-14,28H,5H2,1-4H3,(H,27,29). The molecule has 0 aliphatic rings. The zero-order valence-corrected chi connectivity index (χ0v) is 22.0. The van der Waals surface area contributed by atoms with E-state index in [9.17, 15) is 18.0 Å². The highest BCUT2D eigenvalue weighted by Gasteiger charge is 2.24. The van der Waals surface area contributed by atoms with Gasteiger partial charge in [-0.15, -0.1) is 0 Å². The van der Waals surface area contributed by atoms with E-state index in [0.717, 1.165) is 0 Å². The van der Waals surface area contributed by atoms with Crippen LogP contribution in [0.2, 0.25) is 5.02 Å². The van der Waals surface area contributed by atoms with Gasteiger partial charge in [-0.3, -0.25) is 9.52 Å². The van der Waals surface area contributed by atoms with Gasteiger partial charge in [0.2, 0.25) is 0 Å². The van der Waals surface area contributed by atoms with E-state index in [1.54, 1.807) is 19.1 Å². The minimum absolute atomic E-state index is 0.0917. The van der Waals surface area contributed by atoms with Crippen LogP contribution in [-0.4, -0.2) is 48.2 Å². The zero-order chi connectivity index (χ0) is 27.2. The molecule has 0 saturated heterocycles. The van der Waals surface area contributed by atoms with Crippen molar-refractivity contribution in [3.05, 3.63) is 70.7 Å². The first-order valence-corrected chi connectivity index (χ1v) is 12.7. The molecule has 0 saturated carbocycles. The maximum atomic E-state index is 13.3. The van der Waals surface area contributed by atoms with Crippen LogP contribution in [0.4, 0.5) is 11.4 Å². The molecule has 0 spiro atoms. The molecule has 3 rings (SSSR count). The van der Waals surface area contributed by atoms with E-state index in [4.69, 9.17) is 30.5 Å². The Morgan fingerprint density at radius 2 is 1.51 bits per heavy atom. The third-order valence-electron chi connectivity index (χ3n) is 5.09. The number of anilines is 2. The summed E-state index contributed by atoms with van der Waals surface area (Å²) in [6.45, 7) is 2.03. The van der Waals surface area contributed by atoms with Gasteiger partial charge in [-0.25, -0.2) is 13.2 Å². The molecule has 196 valence electrons. The Morgan fingerprint density at radius 3 is 2.11 bits per heavy atom. The minimum Gasteiger partial charge on any atom is -0.493 e. The number of carbonyl (C=O) groups excluding carboxylic acids is 2. The fraction of sp³-hybridized carbons (Fsp3) is 0.200. The fourth-order valence-electron chi connectivity index (χ4n) is 3.30. The molecule has 3 aromatic rings. The van der Waals surface area contributed by atoms with Gasteiger partial charge in [0.25, 0.3) is 15.9 Å². The second-order valence-electron chi connectivity index (χ2n) is 7.40. The molecule has 37 heavy (non-hydrogen) atoms. The lowest BCUT2D eigenvalue weighted by atomic mass is 10.1. The highest BCUT2D eigenvalue weighted by molar-refractivity contribution is 7.92. The van der Waals surface area contributed by atoms with Crippen LogP contribution in [0.25, 0.3) is 0 Å². The first kappa shape index (κ1) is 27.6. The smallest absolute Gasteiger partial charge is 0.340 e. The Balaban J connectivity index is 2.01. The number of nitrogens with one attached hydrogen (secondary N) is 2. The number of ether oxygens (including phenoxy) is 4. The number of benzene rings is 3. The largest absolute Gasteiger partial charge is 0.493 e. The SMILES string of the molecule is CCOc1ccc(S(=O)(=O)Nc2cc(OC)c(OC)cc2C(=O)OC)cc1NC(=O)c1ccc(Cl)cc1. The molecule has 0 atom stereocenters. The average Bonchev–Trinajstić information content (AvgIpc) is 2.89. The molecule has 0 unspecified atom stereocenters. The molecule has 0 aliphatic carbocycles. The Morgan fingerprint density at radius 1 is 0.865 bits per heavy atom. The summed E-state index contributed by atoms with van der Waals surface area (Å²) in [6.07, 6.45) is 0. The van der Waals surface area contributed by atoms with Crippen LogP contribution in [0.5, 0.6) is 17.2 Å². The van der Waals surface area contributed by atoms with Crippen LogP contribution in [0.1, 0.15) is 27.6 Å². The summed E-state index contributed by atoms with van der Waals surface area (Å²) >= 11 is 5.89. The normalized spacial score (nSPS) is 10.8. The van der Waals surface area contributed by atoms with Crippen molar-refractivity contribution in [3.63, 3.8) is 0 Å². The molecule has 0 aliphatic heterocycles. The predicted octanol–water partition coefficient (Wildman–Crippen LogP) is 4.60. The molecular weight excluding hydrogens is 524 g/mol. The van der Waals surface area contributed by atoms with E-state index in [0.29, 0.717) is 10.6 Å². The van der Waals surface area contributed by atoms with Gasteiger partial charge in [0.1, 0.15) is 5.75 Å². The highest BCUT2D eigenvalue weighted by Crippen LogP contribution is 2.35. The van der Waals surface area contributed by atoms with E-state index in [-0.39, 0.29) is 45.7 Å². The second-order valence-corrected chi connectivity index (χ2v) is 9.52. The Hall–Kier alpha value is -3.96. The van der Waals surface area contributed by atoms with Gasteiger partial charge in [-0.1, -0.05) is 11.6 Å². The summed E-state index contributed by atoms with van der Waals surface area (Å²) in [5.41, 5.74) is 0.257. The lowest BCUT2D eigenvalue weighted by Crippen LogP contribution is -2.18. The summed E-state index contributed by atoms with van der Waals surface area (Å²) in [4.78, 5) is 24.9. The zero-order valence-electron chi connectivity index (χ0n) is 20.5. The maximum Gasteiger partial charge on any atom is 0.340 e. The number of hydrogen-bond donors (Lipinski definition) is 2. The fourth-order valence-corrected chi connectivity index (χ4v) is 4.52. The summed E-state index contributed by atoms with van der Waals surface area (Å²) in [5, 5.41) is 3.13. The molecule has 1 amide bonds. The lowest BCUT2D eigenvalue weighted by molar-refractivity contribution is 0.0601. The van der Waals surface area contributed by atoms with Crippen LogP contribution in [0.15, 0.2) is 59.5 Å². The number of carbonyl (C=O) groups is 2. The van der Waals surface area contributed by atoms with Crippen LogP contribution in [0.3, 0.4) is 0 Å². The third-order valence-corrected chi connectivity index (χ3v) is 6.70. The quantitative estimate of drug-likeness (QED) is 0.352. The number of hydrogen-bond acceptors (Lipinski definition) is 8. The third kappa shape index (κ3) is 6.43. The number of halogens is 1. The minimum atomic E-state index is -4.26. The number of sulfonamides is 1. The van der Waals surface area contributed by atoms with E-state index in [1.165, 1.54) is 63.8 Å². The van der Waals surface area contributed by atoms with Crippen molar-refractivity contribution < 1.29 is 37.0 Å². The van der Waals surface area contributed by atoms with Gasteiger partial charge >= 0.3 is 5.97 Å². The number of amides is 1. The van der Waals surface area contributed by atoms with Gasteiger partial charge in [-0.05, 0) is 49.4 Å². The van der Waals surface area contributed by atoms with Gasteiger partial charge < -0.3 is 24.3 Å². The van der Waals surface area contributed by atoms with Crippen molar-refractivity contribution >= 4 is 44.9 Å². The van der Waals surface area contributed by atoms with Gasteiger partial charge in [0.15, 0.2) is 11.5 Å². The summed E-state index contributed by atoms with van der Waals surface area (Å²) in [7, 11) is -0.346. The van der Waals surface area contributed by atoms with Crippen LogP contribution in [0, 0.1) is 0 Å². The van der Waals surface area contributed by atoms with Gasteiger partial charge in [-0.2, -0.15) is 0 Å². The van der Waals surface area contributed by atoms with Crippen LogP contribution in [-0.2, 0) is 14.8 Å². The number of methoxy groups -OCH3 is 3. The van der Waals surface area contributed by atoms with Crippen molar-refractivity contribution in [1.82, 2.24) is 0 Å². The van der Waals surface area contributed by atoms with Crippen molar-refractivity contribution in [3.8, 4) is 17.2 Å². The first-order valence-electron chi connectivity index (χ1n) is 10.8. The molecule has 3 aromatic carbocycles. The Labute approximate surface area is 219 Å². The molecule has 0 aromatic heterocycles. The Bertz CT molecular complexity index is 1410. The number of esters is 1. The molecule has 0 heterocycles. The second kappa shape index (κ2) is 11.8. The van der Waals surface area contributed by atoms with Crippen molar-refractivity contribution in [2.24, 2.45) is 0 Å². The first-order chi connectivity index (χ1) is 17.6. The number of rotatable bonds is 10. The molecule has 2 N–H and O–H groups in total. The molecule has 0 radical (unpaired) electrons. The predicted molar refractivity (Wildman–Crippen MR) is 139 cm³/mol. The van der Waals surface area contributed by atoms with Crippen molar-refractivity contribution in [2.75, 3.05) is 38.0 Å². The van der Waals surface area contributed by atoms with Crippen LogP contribution < -0.4 is 24.2 Å². The van der Waals surface area contributed by atoms with Gasteiger partial charge in [0, 0.05) is 22.7 Å². The van der Waals surface area contributed by atoms with Crippen molar-refractivity contribution in [2.45, 2.75) is 11.8 Å². The van der Waals surface area contributed by atoms with E-state index in [1.807, 2.05) is 0 Å². The van der Waals surface area contributed by atoms with E-state index < -0.39 is 21.9 Å². The van der Waals surface area contributed by atoms with Crippen molar-refractivity contribution in [1.29, 1.82) is 0 Å². The van der Waals surface area contributed by atoms with Crippen LogP contribution >= 0.6 is 11.6 Å². The average molecular weight is 549 g/mol. The maximum absolute atomic E-state index is 13.3. The molecule has 0 fully saturated rings. The topological polar surface area (TPSA) is 129 Å². The summed E-state index contributed by atoms with van der Waals surface area (Å²) in [5.74, 6) is -0.617. The highest BCUT2D eigenvalue weighted by atomic mass is 35.5. The summed E-state index contributed by atoms with van der Waals surface area (Å²) in [6, 6.07) is 12.8. The molecule has 0 bridgehead atoms. The molecular formula is C25H25ClN2O8S. The molecule has 12 heteroatoms. The lowest BCUT2D eigenvalue weighted by Gasteiger charge is -2.17. The van der Waals surface area contributed by atoms with E-state index >= 15 is 0 Å². The summed E-state index contributed by atoms with van der Waals surface area (Å²) < 4.78 is 49.8. The van der Waals surface area contributed by atoms with E-state index in [2.05, 4.69) is 10.0 Å². The molecule has 10 nitrogen and oxygen atoms in total.